The fourth-order valence-corrected chi connectivity index (χ4v) is 4.67. The molecule has 0 saturated carbocycles. The number of hydrogen-bond acceptors (Lipinski definition) is 11. The number of hydrogen-bond donors (Lipinski definition) is 0. The topological polar surface area (TPSA) is 149 Å². The molecule has 0 aliphatic rings. The molecule has 11 nitrogen and oxygen atoms in total. The van der Waals surface area contributed by atoms with Crippen LogP contribution in [0, 0.1) is 21.7 Å². The lowest BCUT2D eigenvalue weighted by atomic mass is 10.2. The summed E-state index contributed by atoms with van der Waals surface area (Å²) in [6.45, 7) is -0.0977. The van der Waals surface area contributed by atoms with E-state index in [0.717, 1.165) is 41.9 Å². The van der Waals surface area contributed by atoms with Gasteiger partial charge in [0.05, 0.1) is 27.3 Å². The monoisotopic (exact) mass is 509 g/mol. The zero-order valence-electron chi connectivity index (χ0n) is 17.4. The van der Waals surface area contributed by atoms with Gasteiger partial charge in [0.25, 0.3) is 17.1 Å². The fraction of sp³-hybridized carbons (Fsp3) is 0.158. The summed E-state index contributed by atoms with van der Waals surface area (Å²) in [6, 6.07) is 4.79. The summed E-state index contributed by atoms with van der Waals surface area (Å²) in [4.78, 5) is 28.3. The van der Waals surface area contributed by atoms with Crippen molar-refractivity contribution < 1.29 is 26.5 Å². The summed E-state index contributed by atoms with van der Waals surface area (Å²) < 4.78 is 56.2. The number of nitro benzene ring substituents is 1. The molecule has 0 atom stereocenters. The van der Waals surface area contributed by atoms with E-state index in [4.69, 9.17) is 4.42 Å². The van der Waals surface area contributed by atoms with E-state index in [9.17, 15) is 32.1 Å². The largest absolute Gasteiger partial charge is 0.419 e. The highest BCUT2D eigenvalue weighted by atomic mass is 32.2. The molecule has 2 aromatic heterocycles. The van der Waals surface area contributed by atoms with Gasteiger partial charge in [0.15, 0.2) is 15.0 Å². The first-order chi connectivity index (χ1) is 15.9. The third kappa shape index (κ3) is 4.47. The molecule has 176 valence electrons. The summed E-state index contributed by atoms with van der Waals surface area (Å²) in [5.41, 5.74) is -1.51. The Kier molecular flexibility index (Phi) is 5.82. The Labute approximate surface area is 193 Å². The average Bonchev–Trinajstić information content (AvgIpc) is 3.20. The first-order valence-electron chi connectivity index (χ1n) is 9.26. The quantitative estimate of drug-likeness (QED) is 0.280. The Hall–Kier alpha value is -3.85. The van der Waals surface area contributed by atoms with Crippen LogP contribution < -0.4 is 10.5 Å². The maximum Gasteiger partial charge on any atom is 0.288 e. The van der Waals surface area contributed by atoms with E-state index >= 15 is 0 Å². The van der Waals surface area contributed by atoms with Gasteiger partial charge in [0.2, 0.25) is 5.89 Å². The minimum Gasteiger partial charge on any atom is -0.419 e. The predicted octanol–water partition coefficient (Wildman–Crippen LogP) is 2.93. The lowest BCUT2D eigenvalue weighted by Crippen LogP contribution is -2.20. The average molecular weight is 509 g/mol. The van der Waals surface area contributed by atoms with Crippen LogP contribution >= 0.6 is 11.3 Å². The number of nitrogens with zero attached hydrogens (tertiary/aromatic N) is 5. The maximum absolute atomic E-state index is 14.0. The Balaban J connectivity index is 1.70. The zero-order valence-corrected chi connectivity index (χ0v) is 19.0. The molecule has 0 amide bonds. The van der Waals surface area contributed by atoms with Crippen molar-refractivity contribution in [1.29, 1.82) is 0 Å². The van der Waals surface area contributed by atoms with Crippen molar-refractivity contribution >= 4 is 42.1 Å². The second kappa shape index (κ2) is 8.49. The first kappa shape index (κ1) is 23.3. The Morgan fingerprint density at radius 1 is 1.21 bits per heavy atom. The van der Waals surface area contributed by atoms with Crippen LogP contribution in [0.4, 0.5) is 19.6 Å². The van der Waals surface area contributed by atoms with Crippen molar-refractivity contribution in [3.63, 3.8) is 0 Å². The molecular formula is C19H13F2N5O6S2. The number of aromatic nitrogens is 3. The molecule has 0 aliphatic carbocycles. The molecule has 0 aliphatic heterocycles. The molecule has 0 spiro atoms. The molecular weight excluding hydrogens is 496 g/mol. The summed E-state index contributed by atoms with van der Waals surface area (Å²) in [5, 5.41) is 18.9. The molecule has 0 N–H and O–H groups in total. The van der Waals surface area contributed by atoms with Crippen LogP contribution in [0.2, 0.25) is 0 Å². The summed E-state index contributed by atoms with van der Waals surface area (Å²) in [7, 11) is -2.31. The number of sulfone groups is 1. The van der Waals surface area contributed by atoms with Crippen molar-refractivity contribution in [2.75, 3.05) is 18.2 Å². The van der Waals surface area contributed by atoms with E-state index < -0.39 is 37.6 Å². The Morgan fingerprint density at radius 2 is 1.94 bits per heavy atom. The van der Waals surface area contributed by atoms with Crippen LogP contribution in [0.25, 0.3) is 21.5 Å². The summed E-state index contributed by atoms with van der Waals surface area (Å²) in [5.74, 6) is -1.84. The smallest absolute Gasteiger partial charge is 0.288 e. The van der Waals surface area contributed by atoms with Gasteiger partial charge in [-0.25, -0.2) is 17.2 Å². The predicted molar refractivity (Wildman–Crippen MR) is 117 cm³/mol. The molecule has 2 aromatic carbocycles. The highest BCUT2D eigenvalue weighted by Crippen LogP contribution is 2.34. The first-order valence-corrected chi connectivity index (χ1v) is 12.0. The van der Waals surface area contributed by atoms with Crippen LogP contribution in [-0.4, -0.2) is 41.8 Å². The Bertz CT molecular complexity index is 1620. The van der Waals surface area contributed by atoms with E-state index in [1.54, 1.807) is 0 Å². The van der Waals surface area contributed by atoms with Gasteiger partial charge in [-0.3, -0.25) is 14.9 Å². The molecule has 15 heteroatoms. The van der Waals surface area contributed by atoms with Crippen molar-refractivity contribution in [2.45, 2.75) is 11.4 Å². The lowest BCUT2D eigenvalue weighted by Gasteiger charge is -2.15. The highest BCUT2D eigenvalue weighted by molar-refractivity contribution is 7.90. The normalized spacial score (nSPS) is 11.6. The van der Waals surface area contributed by atoms with Gasteiger partial charge in [-0.15, -0.1) is 10.2 Å². The van der Waals surface area contributed by atoms with Gasteiger partial charge < -0.3 is 9.32 Å². The minimum atomic E-state index is -3.81. The van der Waals surface area contributed by atoms with Gasteiger partial charge in [0, 0.05) is 25.4 Å². The number of rotatable bonds is 6. The fourth-order valence-electron chi connectivity index (χ4n) is 2.99. The second-order valence-corrected chi connectivity index (χ2v) is 10.1. The van der Waals surface area contributed by atoms with Gasteiger partial charge in [-0.05, 0) is 18.2 Å². The highest BCUT2D eigenvalue weighted by Gasteiger charge is 2.23. The molecule has 4 rings (SSSR count). The number of fused-ring (bicyclic) bond motifs is 1. The number of halogens is 2. The van der Waals surface area contributed by atoms with Gasteiger partial charge in [-0.2, -0.15) is 4.98 Å². The van der Waals surface area contributed by atoms with Crippen molar-refractivity contribution in [3.05, 3.63) is 68.3 Å². The maximum atomic E-state index is 14.0. The van der Waals surface area contributed by atoms with Crippen molar-refractivity contribution in [2.24, 2.45) is 0 Å². The summed E-state index contributed by atoms with van der Waals surface area (Å²) >= 11 is 0.797. The van der Waals surface area contributed by atoms with Crippen LogP contribution in [0.5, 0.6) is 0 Å². The van der Waals surface area contributed by atoms with E-state index in [-0.39, 0.29) is 44.0 Å². The van der Waals surface area contributed by atoms with Crippen LogP contribution in [0.15, 0.2) is 44.4 Å². The Morgan fingerprint density at radius 3 is 2.59 bits per heavy atom. The van der Waals surface area contributed by atoms with E-state index in [2.05, 4.69) is 15.2 Å². The van der Waals surface area contributed by atoms with E-state index in [1.165, 1.54) is 11.9 Å². The standard InChI is InChI=1S/C19H13F2N5O6S2/c1-25(8-15-23-24-18(32-15)11-4-3-9(20)5-13(11)21)19-22-17(27)12-6-10(34(2,30)31)7-14(26(28)29)16(12)33-19/h3-7H,8H2,1-2H3. The van der Waals surface area contributed by atoms with Crippen molar-refractivity contribution in [3.8, 4) is 11.5 Å². The van der Waals surface area contributed by atoms with Crippen molar-refractivity contribution in [1.82, 2.24) is 15.2 Å². The molecule has 0 fully saturated rings. The zero-order chi connectivity index (χ0) is 24.8. The third-order valence-electron chi connectivity index (χ3n) is 4.62. The number of benzene rings is 2. The SMILES string of the molecule is CN(Cc1nnc(-c2ccc(F)cc2F)o1)c1nc(=O)c2cc(S(C)(=O)=O)cc([N+](=O)[O-])c2s1. The van der Waals surface area contributed by atoms with Gasteiger partial charge in [0.1, 0.15) is 16.3 Å². The molecule has 2 heterocycles. The molecule has 0 bridgehead atoms. The lowest BCUT2D eigenvalue weighted by molar-refractivity contribution is -0.383. The molecule has 0 radical (unpaired) electrons. The van der Waals surface area contributed by atoms with Crippen LogP contribution in [0.3, 0.4) is 0 Å². The second-order valence-electron chi connectivity index (χ2n) is 7.13. The van der Waals surface area contributed by atoms with E-state index in [0.29, 0.717) is 6.07 Å². The number of anilines is 1. The third-order valence-corrected chi connectivity index (χ3v) is 6.93. The van der Waals surface area contributed by atoms with Crippen LogP contribution in [0.1, 0.15) is 5.89 Å². The van der Waals surface area contributed by atoms with Gasteiger partial charge >= 0.3 is 0 Å². The molecule has 0 unspecified atom stereocenters. The molecule has 34 heavy (non-hydrogen) atoms. The van der Waals surface area contributed by atoms with E-state index in [1.807, 2.05) is 0 Å². The number of nitro groups is 1. The molecule has 4 aromatic rings. The molecule has 0 saturated heterocycles. The minimum absolute atomic E-state index is 0.00435. The summed E-state index contributed by atoms with van der Waals surface area (Å²) in [6.07, 6.45) is 0.873. The number of non-ortho nitro benzene ring substituents is 1. The van der Waals surface area contributed by atoms with Gasteiger partial charge in [-0.1, -0.05) is 11.3 Å². The van der Waals surface area contributed by atoms with Crippen LogP contribution in [-0.2, 0) is 16.4 Å².